The molecule has 100 valence electrons. The lowest BCUT2D eigenvalue weighted by Gasteiger charge is -2.09. The standard InChI is InChI=1S/C13H16FN5/c1-9-8-17-13(19-15)18-12(9)16-7-6-10-2-4-11(14)5-3-10/h2-5,8H,6-7,15H2,1H3,(H2,16,17,18,19). The summed E-state index contributed by atoms with van der Waals surface area (Å²) in [5.41, 5.74) is 4.42. The van der Waals surface area contributed by atoms with E-state index in [0.29, 0.717) is 12.5 Å². The van der Waals surface area contributed by atoms with Gasteiger partial charge in [-0.25, -0.2) is 15.2 Å². The monoisotopic (exact) mass is 261 g/mol. The first-order chi connectivity index (χ1) is 9.19. The zero-order valence-corrected chi connectivity index (χ0v) is 10.7. The second-order valence-electron chi connectivity index (χ2n) is 4.17. The largest absolute Gasteiger partial charge is 0.369 e. The van der Waals surface area contributed by atoms with Gasteiger partial charge in [0.25, 0.3) is 0 Å². The minimum absolute atomic E-state index is 0.220. The van der Waals surface area contributed by atoms with E-state index in [4.69, 9.17) is 5.84 Å². The van der Waals surface area contributed by atoms with E-state index >= 15 is 0 Å². The maximum Gasteiger partial charge on any atom is 0.239 e. The second kappa shape index (κ2) is 6.10. The highest BCUT2D eigenvalue weighted by Crippen LogP contribution is 2.12. The Kier molecular flexibility index (Phi) is 4.25. The van der Waals surface area contributed by atoms with Gasteiger partial charge < -0.3 is 5.32 Å². The molecule has 6 heteroatoms. The van der Waals surface area contributed by atoms with E-state index in [-0.39, 0.29) is 5.82 Å². The van der Waals surface area contributed by atoms with Crippen molar-refractivity contribution in [2.24, 2.45) is 5.84 Å². The number of aryl methyl sites for hydroxylation is 1. The number of aromatic nitrogens is 2. The van der Waals surface area contributed by atoms with Gasteiger partial charge in [-0.05, 0) is 31.0 Å². The van der Waals surface area contributed by atoms with Gasteiger partial charge in [-0.15, -0.1) is 0 Å². The van der Waals surface area contributed by atoms with E-state index in [0.717, 1.165) is 23.4 Å². The van der Waals surface area contributed by atoms with Crippen LogP contribution in [0, 0.1) is 12.7 Å². The molecule has 5 nitrogen and oxygen atoms in total. The molecular weight excluding hydrogens is 245 g/mol. The molecule has 0 amide bonds. The maximum atomic E-state index is 12.8. The average Bonchev–Trinajstić information content (AvgIpc) is 2.43. The molecule has 1 aromatic carbocycles. The summed E-state index contributed by atoms with van der Waals surface area (Å²) < 4.78 is 12.8. The van der Waals surface area contributed by atoms with Crippen LogP contribution in [0.25, 0.3) is 0 Å². The predicted molar refractivity (Wildman–Crippen MR) is 73.2 cm³/mol. The number of nitrogens with two attached hydrogens (primary N) is 1. The predicted octanol–water partition coefficient (Wildman–Crippen LogP) is 1.86. The lowest BCUT2D eigenvalue weighted by Crippen LogP contribution is -2.13. The van der Waals surface area contributed by atoms with Gasteiger partial charge in [-0.2, -0.15) is 4.98 Å². The number of nitrogen functional groups attached to an aromatic ring is 1. The Morgan fingerprint density at radius 1 is 1.26 bits per heavy atom. The van der Waals surface area contributed by atoms with Crippen molar-refractivity contribution >= 4 is 11.8 Å². The molecule has 2 aromatic rings. The van der Waals surface area contributed by atoms with Gasteiger partial charge in [0, 0.05) is 18.3 Å². The van der Waals surface area contributed by atoms with Crippen molar-refractivity contribution in [2.75, 3.05) is 17.3 Å². The molecule has 0 aliphatic rings. The summed E-state index contributed by atoms with van der Waals surface area (Å²) in [5.74, 6) is 6.16. The van der Waals surface area contributed by atoms with E-state index in [1.165, 1.54) is 12.1 Å². The van der Waals surface area contributed by atoms with Crippen molar-refractivity contribution in [3.8, 4) is 0 Å². The van der Waals surface area contributed by atoms with Crippen molar-refractivity contribution in [1.82, 2.24) is 9.97 Å². The number of benzene rings is 1. The first-order valence-electron chi connectivity index (χ1n) is 5.97. The molecule has 0 spiro atoms. The maximum absolute atomic E-state index is 12.8. The molecule has 0 saturated carbocycles. The van der Waals surface area contributed by atoms with Gasteiger partial charge >= 0.3 is 0 Å². The van der Waals surface area contributed by atoms with Crippen LogP contribution in [-0.4, -0.2) is 16.5 Å². The highest BCUT2D eigenvalue weighted by Gasteiger charge is 2.02. The number of hydrazine groups is 1. The van der Waals surface area contributed by atoms with Crippen LogP contribution in [-0.2, 0) is 6.42 Å². The van der Waals surface area contributed by atoms with Crippen molar-refractivity contribution in [2.45, 2.75) is 13.3 Å². The van der Waals surface area contributed by atoms with Gasteiger partial charge in [-0.1, -0.05) is 12.1 Å². The summed E-state index contributed by atoms with van der Waals surface area (Å²) >= 11 is 0. The number of halogens is 1. The molecule has 1 aromatic heterocycles. The van der Waals surface area contributed by atoms with Crippen molar-refractivity contribution < 1.29 is 4.39 Å². The quantitative estimate of drug-likeness (QED) is 0.566. The van der Waals surface area contributed by atoms with Crippen LogP contribution in [0.5, 0.6) is 0 Å². The SMILES string of the molecule is Cc1cnc(NN)nc1NCCc1ccc(F)cc1. The van der Waals surface area contributed by atoms with E-state index in [9.17, 15) is 4.39 Å². The molecule has 0 aliphatic carbocycles. The van der Waals surface area contributed by atoms with E-state index in [1.807, 2.05) is 6.92 Å². The number of hydrogen-bond acceptors (Lipinski definition) is 5. The molecule has 0 fully saturated rings. The van der Waals surface area contributed by atoms with Crippen LogP contribution < -0.4 is 16.6 Å². The summed E-state index contributed by atoms with van der Waals surface area (Å²) in [5, 5.41) is 3.21. The van der Waals surface area contributed by atoms with Crippen LogP contribution in [0.1, 0.15) is 11.1 Å². The van der Waals surface area contributed by atoms with Gasteiger partial charge in [0.1, 0.15) is 11.6 Å². The van der Waals surface area contributed by atoms with Crippen molar-refractivity contribution in [1.29, 1.82) is 0 Å². The van der Waals surface area contributed by atoms with Gasteiger partial charge in [0.2, 0.25) is 5.95 Å². The summed E-state index contributed by atoms with van der Waals surface area (Å²) in [4.78, 5) is 8.22. The first-order valence-corrected chi connectivity index (χ1v) is 5.97. The Bertz CT molecular complexity index is 541. The number of hydrogen-bond donors (Lipinski definition) is 3. The average molecular weight is 261 g/mol. The Morgan fingerprint density at radius 3 is 2.68 bits per heavy atom. The second-order valence-corrected chi connectivity index (χ2v) is 4.17. The summed E-state index contributed by atoms with van der Waals surface area (Å²) in [7, 11) is 0. The van der Waals surface area contributed by atoms with E-state index in [2.05, 4.69) is 20.7 Å². The van der Waals surface area contributed by atoms with Crippen LogP contribution >= 0.6 is 0 Å². The molecule has 1 heterocycles. The zero-order chi connectivity index (χ0) is 13.7. The fourth-order valence-corrected chi connectivity index (χ4v) is 1.67. The van der Waals surface area contributed by atoms with Crippen molar-refractivity contribution in [3.05, 3.63) is 47.4 Å². The molecule has 0 aliphatic heterocycles. The summed E-state index contributed by atoms with van der Waals surface area (Å²) in [6, 6.07) is 6.47. The topological polar surface area (TPSA) is 75.9 Å². The Morgan fingerprint density at radius 2 is 2.00 bits per heavy atom. The number of rotatable bonds is 5. The third-order valence-corrected chi connectivity index (χ3v) is 2.72. The first kappa shape index (κ1) is 13.2. The van der Waals surface area contributed by atoms with Crippen LogP contribution in [0.2, 0.25) is 0 Å². The molecule has 19 heavy (non-hydrogen) atoms. The van der Waals surface area contributed by atoms with Crippen LogP contribution in [0.4, 0.5) is 16.2 Å². The highest BCUT2D eigenvalue weighted by molar-refractivity contribution is 5.46. The van der Waals surface area contributed by atoms with E-state index < -0.39 is 0 Å². The minimum Gasteiger partial charge on any atom is -0.369 e. The number of nitrogens with one attached hydrogen (secondary N) is 2. The lowest BCUT2D eigenvalue weighted by atomic mass is 10.1. The Labute approximate surface area is 111 Å². The molecule has 2 rings (SSSR count). The minimum atomic E-state index is -0.220. The lowest BCUT2D eigenvalue weighted by molar-refractivity contribution is 0.627. The molecule has 0 atom stereocenters. The molecule has 4 N–H and O–H groups in total. The zero-order valence-electron chi connectivity index (χ0n) is 10.7. The van der Waals surface area contributed by atoms with Gasteiger partial charge in [-0.3, -0.25) is 5.43 Å². The third-order valence-electron chi connectivity index (χ3n) is 2.72. The molecule has 0 bridgehead atoms. The Hall–Kier alpha value is -2.21. The smallest absolute Gasteiger partial charge is 0.239 e. The van der Waals surface area contributed by atoms with Crippen molar-refractivity contribution in [3.63, 3.8) is 0 Å². The molecule has 0 radical (unpaired) electrons. The molecule has 0 unspecified atom stereocenters. The van der Waals surface area contributed by atoms with E-state index in [1.54, 1.807) is 18.3 Å². The normalized spacial score (nSPS) is 10.3. The molecular formula is C13H16FN5. The summed E-state index contributed by atoms with van der Waals surface area (Å²) in [6.45, 7) is 2.62. The highest BCUT2D eigenvalue weighted by atomic mass is 19.1. The van der Waals surface area contributed by atoms with Gasteiger partial charge in [0.05, 0.1) is 0 Å². The van der Waals surface area contributed by atoms with Crippen LogP contribution in [0.15, 0.2) is 30.5 Å². The third kappa shape index (κ3) is 3.62. The number of anilines is 2. The fraction of sp³-hybridized carbons (Fsp3) is 0.231. The summed E-state index contributed by atoms with van der Waals surface area (Å²) in [6.07, 6.45) is 2.48. The molecule has 0 saturated heterocycles. The fourth-order valence-electron chi connectivity index (χ4n) is 1.67. The van der Waals surface area contributed by atoms with Crippen LogP contribution in [0.3, 0.4) is 0 Å². The number of nitrogens with zero attached hydrogens (tertiary/aromatic N) is 2. The Balaban J connectivity index is 1.93. The van der Waals surface area contributed by atoms with Gasteiger partial charge in [0.15, 0.2) is 0 Å².